The molecule has 1 N–H and O–H groups in total. The zero-order valence-corrected chi connectivity index (χ0v) is 8.56. The summed E-state index contributed by atoms with van der Waals surface area (Å²) < 4.78 is 0. The Labute approximate surface area is 82.2 Å². The third-order valence-electron chi connectivity index (χ3n) is 1.72. The lowest BCUT2D eigenvalue weighted by atomic mass is 10.2. The molecule has 0 spiro atoms. The van der Waals surface area contributed by atoms with E-state index in [9.17, 15) is 4.79 Å². The van der Waals surface area contributed by atoms with Crippen molar-refractivity contribution in [2.24, 2.45) is 0 Å². The van der Waals surface area contributed by atoms with Crippen LogP contribution in [0.3, 0.4) is 0 Å². The highest BCUT2D eigenvalue weighted by molar-refractivity contribution is 7.11. The maximum Gasteiger partial charge on any atom is 0.262 e. The van der Waals surface area contributed by atoms with E-state index in [2.05, 4.69) is 17.2 Å². The first-order valence-electron chi connectivity index (χ1n) is 4.51. The van der Waals surface area contributed by atoms with Crippen molar-refractivity contribution in [2.45, 2.75) is 26.2 Å². The molecule has 0 aliphatic carbocycles. The van der Waals surface area contributed by atoms with E-state index in [1.54, 1.807) is 11.7 Å². The van der Waals surface area contributed by atoms with Crippen LogP contribution in [0.1, 0.15) is 35.9 Å². The summed E-state index contributed by atoms with van der Waals surface area (Å²) in [6, 6.07) is 0. The Balaban J connectivity index is 2.19. The molecule has 1 aromatic rings. The summed E-state index contributed by atoms with van der Waals surface area (Å²) in [5.74, 6) is -0.00129. The second kappa shape index (κ2) is 5.70. The SMILES string of the molecule is CCCCCNC(=O)c1cncs1. The van der Waals surface area contributed by atoms with E-state index < -0.39 is 0 Å². The fourth-order valence-corrected chi connectivity index (χ4v) is 1.53. The van der Waals surface area contributed by atoms with Crippen LogP contribution in [0.4, 0.5) is 0 Å². The molecule has 0 unspecified atom stereocenters. The molecule has 1 amide bonds. The molecule has 0 saturated heterocycles. The van der Waals surface area contributed by atoms with Gasteiger partial charge in [0, 0.05) is 6.54 Å². The van der Waals surface area contributed by atoms with E-state index in [1.807, 2.05) is 0 Å². The van der Waals surface area contributed by atoms with E-state index in [-0.39, 0.29) is 5.91 Å². The van der Waals surface area contributed by atoms with Crippen molar-refractivity contribution in [1.82, 2.24) is 10.3 Å². The van der Waals surface area contributed by atoms with Gasteiger partial charge in [-0.2, -0.15) is 0 Å². The number of nitrogens with one attached hydrogen (secondary N) is 1. The molecule has 13 heavy (non-hydrogen) atoms. The van der Waals surface area contributed by atoms with Crippen LogP contribution in [-0.2, 0) is 0 Å². The van der Waals surface area contributed by atoms with Crippen LogP contribution in [-0.4, -0.2) is 17.4 Å². The number of hydrogen-bond donors (Lipinski definition) is 1. The summed E-state index contributed by atoms with van der Waals surface area (Å²) in [5.41, 5.74) is 1.67. The minimum absolute atomic E-state index is 0.00129. The zero-order chi connectivity index (χ0) is 9.52. The predicted octanol–water partition coefficient (Wildman–Crippen LogP) is 2.06. The topological polar surface area (TPSA) is 42.0 Å². The number of amides is 1. The summed E-state index contributed by atoms with van der Waals surface area (Å²) in [5, 5.41) is 2.85. The van der Waals surface area contributed by atoms with E-state index in [4.69, 9.17) is 0 Å². The quantitative estimate of drug-likeness (QED) is 0.736. The van der Waals surface area contributed by atoms with Crippen LogP contribution in [0.2, 0.25) is 0 Å². The second-order valence-corrected chi connectivity index (χ2v) is 3.72. The van der Waals surface area contributed by atoms with E-state index in [0.717, 1.165) is 13.0 Å². The maximum absolute atomic E-state index is 11.3. The Hall–Kier alpha value is -0.900. The van der Waals surface area contributed by atoms with E-state index >= 15 is 0 Å². The third-order valence-corrected chi connectivity index (χ3v) is 2.49. The van der Waals surface area contributed by atoms with Crippen LogP contribution in [0, 0.1) is 0 Å². The number of nitrogens with zero attached hydrogens (tertiary/aromatic N) is 1. The molecule has 72 valence electrons. The van der Waals surface area contributed by atoms with Crippen LogP contribution in [0.5, 0.6) is 0 Å². The van der Waals surface area contributed by atoms with Gasteiger partial charge >= 0.3 is 0 Å². The lowest BCUT2D eigenvalue weighted by Gasteiger charge is -2.01. The standard InChI is InChI=1S/C9H14N2OS/c1-2-3-4-5-11-9(12)8-6-10-7-13-8/h6-7H,2-5H2,1H3,(H,11,12). The minimum Gasteiger partial charge on any atom is -0.351 e. The molecule has 0 aliphatic rings. The van der Waals surface area contributed by atoms with Crippen molar-refractivity contribution in [3.05, 3.63) is 16.6 Å². The molecule has 0 saturated carbocycles. The molecule has 0 atom stereocenters. The Morgan fingerprint density at radius 3 is 3.08 bits per heavy atom. The molecule has 0 aliphatic heterocycles. The van der Waals surface area contributed by atoms with Gasteiger partial charge < -0.3 is 5.32 Å². The van der Waals surface area contributed by atoms with E-state index in [0.29, 0.717) is 4.88 Å². The molecule has 3 nitrogen and oxygen atoms in total. The summed E-state index contributed by atoms with van der Waals surface area (Å²) in [6.07, 6.45) is 5.00. The highest BCUT2D eigenvalue weighted by atomic mass is 32.1. The van der Waals surface area contributed by atoms with Crippen LogP contribution in [0.25, 0.3) is 0 Å². The molecular formula is C9H14N2OS. The summed E-state index contributed by atoms with van der Waals surface area (Å²) in [4.78, 5) is 15.9. The predicted molar refractivity (Wildman–Crippen MR) is 54.0 cm³/mol. The average molecular weight is 198 g/mol. The molecule has 0 aromatic carbocycles. The summed E-state index contributed by atoms with van der Waals surface area (Å²) >= 11 is 1.37. The lowest BCUT2D eigenvalue weighted by molar-refractivity contribution is 0.0957. The van der Waals surface area contributed by atoms with Crippen LogP contribution >= 0.6 is 11.3 Å². The first-order valence-corrected chi connectivity index (χ1v) is 5.39. The van der Waals surface area contributed by atoms with Crippen molar-refractivity contribution in [2.75, 3.05) is 6.54 Å². The number of unbranched alkanes of at least 4 members (excludes halogenated alkanes) is 2. The third kappa shape index (κ3) is 3.55. The maximum atomic E-state index is 11.3. The largest absolute Gasteiger partial charge is 0.351 e. The molecule has 1 heterocycles. The first kappa shape index (κ1) is 10.2. The molecule has 0 radical (unpaired) electrons. The van der Waals surface area contributed by atoms with Crippen LogP contribution < -0.4 is 5.32 Å². The number of aromatic nitrogens is 1. The normalized spacial score (nSPS) is 9.92. The van der Waals surface area contributed by atoms with E-state index in [1.165, 1.54) is 24.2 Å². The Morgan fingerprint density at radius 2 is 2.46 bits per heavy atom. The lowest BCUT2D eigenvalue weighted by Crippen LogP contribution is -2.23. The summed E-state index contributed by atoms with van der Waals surface area (Å²) in [7, 11) is 0. The van der Waals surface area contributed by atoms with Gasteiger partial charge in [-0.3, -0.25) is 9.78 Å². The van der Waals surface area contributed by atoms with Gasteiger partial charge in [-0.1, -0.05) is 19.8 Å². The Morgan fingerprint density at radius 1 is 1.62 bits per heavy atom. The fraction of sp³-hybridized carbons (Fsp3) is 0.556. The van der Waals surface area contributed by atoms with Crippen molar-refractivity contribution >= 4 is 17.2 Å². The Kier molecular flexibility index (Phi) is 4.46. The van der Waals surface area contributed by atoms with Crippen molar-refractivity contribution < 1.29 is 4.79 Å². The van der Waals surface area contributed by atoms with Crippen LogP contribution in [0.15, 0.2) is 11.7 Å². The Bertz CT molecular complexity index is 246. The zero-order valence-electron chi connectivity index (χ0n) is 7.75. The number of carbonyl (C=O) groups is 1. The van der Waals surface area contributed by atoms with Gasteiger partial charge in [0.1, 0.15) is 4.88 Å². The van der Waals surface area contributed by atoms with Gasteiger partial charge in [-0.15, -0.1) is 11.3 Å². The molecule has 1 aromatic heterocycles. The van der Waals surface area contributed by atoms with Gasteiger partial charge in [-0.25, -0.2) is 0 Å². The van der Waals surface area contributed by atoms with Gasteiger partial charge in [0.2, 0.25) is 0 Å². The molecule has 0 fully saturated rings. The van der Waals surface area contributed by atoms with Crippen molar-refractivity contribution in [3.63, 3.8) is 0 Å². The number of carbonyl (C=O) groups excluding carboxylic acids is 1. The number of thiazole rings is 1. The van der Waals surface area contributed by atoms with Gasteiger partial charge in [0.15, 0.2) is 0 Å². The summed E-state index contributed by atoms with van der Waals surface area (Å²) in [6.45, 7) is 2.91. The monoisotopic (exact) mass is 198 g/mol. The number of hydrogen-bond acceptors (Lipinski definition) is 3. The van der Waals surface area contributed by atoms with Gasteiger partial charge in [0.05, 0.1) is 11.7 Å². The van der Waals surface area contributed by atoms with Crippen molar-refractivity contribution in [3.8, 4) is 0 Å². The van der Waals surface area contributed by atoms with Gasteiger partial charge in [-0.05, 0) is 6.42 Å². The smallest absolute Gasteiger partial charge is 0.262 e. The molecule has 1 rings (SSSR count). The molecule has 0 bridgehead atoms. The first-order chi connectivity index (χ1) is 6.34. The minimum atomic E-state index is -0.00129. The van der Waals surface area contributed by atoms with Crippen molar-refractivity contribution in [1.29, 1.82) is 0 Å². The van der Waals surface area contributed by atoms with Gasteiger partial charge in [0.25, 0.3) is 5.91 Å². The second-order valence-electron chi connectivity index (χ2n) is 2.83. The number of rotatable bonds is 5. The average Bonchev–Trinajstić information content (AvgIpc) is 2.65. The molecular weight excluding hydrogens is 184 g/mol. The fourth-order valence-electron chi connectivity index (χ4n) is 0.992. The highest BCUT2D eigenvalue weighted by Crippen LogP contribution is 2.04. The highest BCUT2D eigenvalue weighted by Gasteiger charge is 2.04. The molecule has 4 heteroatoms.